The number of ether oxygens (including phenoxy) is 1. The van der Waals surface area contributed by atoms with Crippen LogP contribution < -0.4 is 15.2 Å². The van der Waals surface area contributed by atoms with Crippen LogP contribution in [0.5, 0.6) is 5.75 Å². The maximum Gasteiger partial charge on any atom is 0.278 e. The molecule has 2 aromatic carbocycles. The van der Waals surface area contributed by atoms with Crippen LogP contribution in [0.3, 0.4) is 0 Å². The highest BCUT2D eigenvalue weighted by Crippen LogP contribution is 2.30. The van der Waals surface area contributed by atoms with Crippen LogP contribution in [0.2, 0.25) is 0 Å². The monoisotopic (exact) mass is 527 g/mol. The van der Waals surface area contributed by atoms with Gasteiger partial charge in [0.2, 0.25) is 0 Å². The largest absolute Gasteiger partial charge is 0.495 e. The number of rotatable bonds is 10. The first-order chi connectivity index (χ1) is 17.0. The highest BCUT2D eigenvalue weighted by molar-refractivity contribution is 7.98. The van der Waals surface area contributed by atoms with Gasteiger partial charge in [-0.05, 0) is 50.7 Å². The molecule has 1 N–H and O–H groups in total. The van der Waals surface area contributed by atoms with Crippen LogP contribution in [0.15, 0.2) is 58.5 Å². The van der Waals surface area contributed by atoms with Crippen LogP contribution in [0.1, 0.15) is 25.0 Å². The zero-order valence-corrected chi connectivity index (χ0v) is 23.0. The summed E-state index contributed by atoms with van der Waals surface area (Å²) in [6.45, 7) is 10.2. The quantitative estimate of drug-likeness (QED) is 0.187. The molecular weight excluding hydrogens is 497 g/mol. The normalized spacial score (nSPS) is 11.5. The lowest BCUT2D eigenvalue weighted by Gasteiger charge is -2.17. The maximum absolute atomic E-state index is 13.9. The van der Waals surface area contributed by atoms with Crippen LogP contribution in [0, 0.1) is 10.9 Å². The van der Waals surface area contributed by atoms with Crippen LogP contribution in [-0.2, 0) is 12.3 Å². The lowest BCUT2D eigenvalue weighted by atomic mass is 10.2. The molecule has 2 heterocycles. The molecule has 35 heavy (non-hydrogen) atoms. The van der Waals surface area contributed by atoms with Gasteiger partial charge in [0.25, 0.3) is 5.56 Å². The minimum Gasteiger partial charge on any atom is -0.495 e. The van der Waals surface area contributed by atoms with Gasteiger partial charge in [-0.2, -0.15) is 0 Å². The Morgan fingerprint density at radius 2 is 1.83 bits per heavy atom. The summed E-state index contributed by atoms with van der Waals surface area (Å²) < 4.78 is 10.6. The fourth-order valence-electron chi connectivity index (χ4n) is 4.00. The first-order valence-corrected chi connectivity index (χ1v) is 14.0. The van der Waals surface area contributed by atoms with Gasteiger partial charge in [0.05, 0.1) is 39.0 Å². The number of hydrogen-bond acceptors (Lipinski definition) is 6. The summed E-state index contributed by atoms with van der Waals surface area (Å²) in [5, 5.41) is 0.629. The van der Waals surface area contributed by atoms with Gasteiger partial charge in [-0.25, -0.2) is 4.98 Å². The van der Waals surface area contributed by atoms with E-state index >= 15 is 0 Å². The van der Waals surface area contributed by atoms with Crippen molar-refractivity contribution < 1.29 is 9.64 Å². The summed E-state index contributed by atoms with van der Waals surface area (Å²) in [5.41, 5.74) is 3.63. The summed E-state index contributed by atoms with van der Waals surface area (Å²) >= 11 is 8.59. The fourth-order valence-corrected chi connectivity index (χ4v) is 6.27. The number of thioether (sulfide) groups is 1. The first-order valence-electron chi connectivity index (χ1n) is 11.8. The van der Waals surface area contributed by atoms with Gasteiger partial charge in [-0.15, -0.1) is 0 Å². The molecule has 0 fully saturated rings. The molecule has 0 aliphatic heterocycles. The Morgan fingerprint density at radius 3 is 2.51 bits per heavy atom. The highest BCUT2D eigenvalue weighted by atomic mass is 32.2. The van der Waals surface area contributed by atoms with Gasteiger partial charge < -0.3 is 14.2 Å². The molecule has 0 aliphatic rings. The van der Waals surface area contributed by atoms with Gasteiger partial charge >= 0.3 is 0 Å². The molecule has 184 valence electrons. The minimum absolute atomic E-state index is 0.115. The average molecular weight is 528 g/mol. The predicted octanol–water partition coefficient (Wildman–Crippen LogP) is 4.51. The molecule has 0 saturated carbocycles. The number of aromatic nitrogens is 3. The molecule has 0 atom stereocenters. The van der Waals surface area contributed by atoms with E-state index in [4.69, 9.17) is 21.9 Å². The van der Waals surface area contributed by atoms with Gasteiger partial charge in [0.1, 0.15) is 10.4 Å². The molecule has 9 heteroatoms. The smallest absolute Gasteiger partial charge is 0.278 e. The van der Waals surface area contributed by atoms with Crippen molar-refractivity contribution in [3.8, 4) is 11.4 Å². The van der Waals surface area contributed by atoms with Gasteiger partial charge in [-0.1, -0.05) is 65.1 Å². The molecule has 0 saturated heterocycles. The third-order valence-corrected chi connectivity index (χ3v) is 8.60. The predicted molar refractivity (Wildman–Crippen MR) is 148 cm³/mol. The van der Waals surface area contributed by atoms with E-state index in [2.05, 4.69) is 45.0 Å². The SMILES string of the molecule is CC[NH+](CC)CCn1c(=S)sc2c(=O)n(-c3ccccc3OC)c(SCc3ccc(C)cc3)nc21. The second kappa shape index (κ2) is 11.5. The number of fused-ring (bicyclic) bond motifs is 1. The van der Waals surface area contributed by atoms with E-state index in [0.29, 0.717) is 36.6 Å². The molecule has 6 nitrogen and oxygen atoms in total. The number of nitrogens with one attached hydrogen (secondary N) is 1. The topological polar surface area (TPSA) is 53.5 Å². The summed E-state index contributed by atoms with van der Waals surface area (Å²) in [4.78, 5) is 20.4. The number of para-hydroxylation sites is 2. The maximum atomic E-state index is 13.9. The van der Waals surface area contributed by atoms with Crippen LogP contribution >= 0.6 is 35.3 Å². The number of benzene rings is 2. The average Bonchev–Trinajstić information content (AvgIpc) is 3.19. The molecule has 0 radical (unpaired) electrons. The summed E-state index contributed by atoms with van der Waals surface area (Å²) in [5.74, 6) is 1.32. The first kappa shape index (κ1) is 25.6. The molecule has 0 spiro atoms. The van der Waals surface area contributed by atoms with E-state index in [0.717, 1.165) is 26.2 Å². The third kappa shape index (κ3) is 5.53. The Bertz CT molecular complexity index is 1420. The molecule has 4 rings (SSSR count). The van der Waals surface area contributed by atoms with E-state index in [-0.39, 0.29) is 5.56 Å². The van der Waals surface area contributed by atoms with Gasteiger partial charge in [-0.3, -0.25) is 9.36 Å². The summed E-state index contributed by atoms with van der Waals surface area (Å²) in [7, 11) is 1.62. The van der Waals surface area contributed by atoms with Crippen LogP contribution in [0.4, 0.5) is 0 Å². The molecule has 0 aliphatic carbocycles. The second-order valence-electron chi connectivity index (χ2n) is 8.36. The van der Waals surface area contributed by atoms with Crippen molar-refractivity contribution in [1.29, 1.82) is 0 Å². The molecule has 0 bridgehead atoms. The molecule has 2 aromatic heterocycles. The standard InChI is InChI=1S/C26H30N4O2S3/c1-5-28(6-2)15-16-29-23-22(35-26(29)33)24(31)30(20-9-7-8-10-21(20)32-4)25(27-23)34-17-19-13-11-18(3)12-14-19/h7-14H,5-6,15-17H2,1-4H3/p+1. The summed E-state index contributed by atoms with van der Waals surface area (Å²) in [6, 6.07) is 16.0. The summed E-state index contributed by atoms with van der Waals surface area (Å²) in [6.07, 6.45) is 0. The lowest BCUT2D eigenvalue weighted by Crippen LogP contribution is -3.11. The lowest BCUT2D eigenvalue weighted by molar-refractivity contribution is -0.897. The Morgan fingerprint density at radius 1 is 1.11 bits per heavy atom. The Labute approximate surface area is 219 Å². The van der Waals surface area contributed by atoms with Crippen molar-refractivity contribution in [2.75, 3.05) is 26.7 Å². The van der Waals surface area contributed by atoms with E-state index in [1.807, 2.05) is 28.8 Å². The zero-order chi connectivity index (χ0) is 24.9. The van der Waals surface area contributed by atoms with Crippen LogP contribution in [0.25, 0.3) is 16.0 Å². The fraction of sp³-hybridized carbons (Fsp3) is 0.346. The van der Waals surface area contributed by atoms with E-state index in [1.54, 1.807) is 23.4 Å². The van der Waals surface area contributed by atoms with Crippen molar-refractivity contribution in [2.45, 2.75) is 38.2 Å². The van der Waals surface area contributed by atoms with Crippen molar-refractivity contribution >= 4 is 45.7 Å². The number of thiazole rings is 1. The molecule has 4 aromatic rings. The highest BCUT2D eigenvalue weighted by Gasteiger charge is 2.20. The van der Waals surface area contributed by atoms with Crippen molar-refractivity contribution in [3.05, 3.63) is 74.0 Å². The number of nitrogens with zero attached hydrogens (tertiary/aromatic N) is 3. The number of hydrogen-bond donors (Lipinski definition) is 1. The van der Waals surface area contributed by atoms with Gasteiger partial charge in [0, 0.05) is 5.75 Å². The van der Waals surface area contributed by atoms with Crippen molar-refractivity contribution in [1.82, 2.24) is 14.1 Å². The Balaban J connectivity index is 1.85. The number of quaternary nitrogens is 1. The Hall–Kier alpha value is -2.46. The minimum atomic E-state index is -0.115. The molecule has 0 amide bonds. The van der Waals surface area contributed by atoms with E-state index in [9.17, 15) is 4.79 Å². The van der Waals surface area contributed by atoms with E-state index < -0.39 is 0 Å². The zero-order valence-electron chi connectivity index (χ0n) is 20.5. The van der Waals surface area contributed by atoms with E-state index in [1.165, 1.54) is 27.4 Å². The molecular formula is C26H31N4O2S3+. The number of aryl methyl sites for hydroxylation is 1. The number of likely N-dealkylation sites (N-methyl/N-ethyl adjacent to an activating group) is 1. The van der Waals surface area contributed by atoms with Crippen molar-refractivity contribution in [2.24, 2.45) is 0 Å². The molecule has 0 unspecified atom stereocenters. The van der Waals surface area contributed by atoms with Crippen molar-refractivity contribution in [3.63, 3.8) is 0 Å². The van der Waals surface area contributed by atoms with Crippen LogP contribution in [-0.4, -0.2) is 40.9 Å². The number of methoxy groups -OCH3 is 1. The second-order valence-corrected chi connectivity index (χ2v) is 10.9. The third-order valence-electron chi connectivity index (χ3n) is 6.16. The van der Waals surface area contributed by atoms with Gasteiger partial charge in [0.15, 0.2) is 14.8 Å². The Kier molecular flexibility index (Phi) is 8.43.